The van der Waals surface area contributed by atoms with Gasteiger partial charge in [0.2, 0.25) is 11.7 Å². The van der Waals surface area contributed by atoms with Crippen molar-refractivity contribution in [2.45, 2.75) is 167 Å². The number of oxime groups is 1. The molecule has 2 aliphatic carbocycles. The molecule has 0 bridgehead atoms. The lowest BCUT2D eigenvalue weighted by atomic mass is 9.55. The lowest BCUT2D eigenvalue weighted by Crippen LogP contribution is -2.69. The van der Waals surface area contributed by atoms with Gasteiger partial charge in [-0.15, -0.1) is 6.58 Å². The normalized spacial score (nSPS) is 23.7. The number of hydrogen-bond donors (Lipinski definition) is 2. The Labute approximate surface area is 365 Å². The van der Waals surface area contributed by atoms with Crippen molar-refractivity contribution in [2.75, 3.05) is 26.9 Å². The maximum Gasteiger partial charge on any atom is 0.239 e. The number of benzene rings is 2. The van der Waals surface area contributed by atoms with Crippen molar-refractivity contribution in [1.82, 2.24) is 4.90 Å². The van der Waals surface area contributed by atoms with E-state index in [2.05, 4.69) is 19.6 Å². The third kappa shape index (κ3) is 12.7. The van der Waals surface area contributed by atoms with E-state index in [-0.39, 0.29) is 55.9 Å². The number of halogens is 1. The van der Waals surface area contributed by atoms with Gasteiger partial charge in [0.05, 0.1) is 18.2 Å². The number of allylic oxidation sites excluding steroid dienone is 1. The molecule has 9 nitrogen and oxygen atoms in total. The minimum atomic E-state index is -1.30. The van der Waals surface area contributed by atoms with Crippen molar-refractivity contribution in [3.63, 3.8) is 0 Å². The molecule has 6 atom stereocenters. The Morgan fingerprint density at radius 3 is 2.33 bits per heavy atom. The van der Waals surface area contributed by atoms with E-state index in [4.69, 9.17) is 24.2 Å². The summed E-state index contributed by atoms with van der Waals surface area (Å²) < 4.78 is 35.3. The highest BCUT2D eigenvalue weighted by Crippen LogP contribution is 2.62. The number of ether oxygens (including phenoxy) is 3. The van der Waals surface area contributed by atoms with E-state index < -0.39 is 23.3 Å². The van der Waals surface area contributed by atoms with Gasteiger partial charge in [0.15, 0.2) is 0 Å². The van der Waals surface area contributed by atoms with Gasteiger partial charge in [-0.05, 0) is 94.5 Å². The number of aliphatic hydroxyl groups excluding tert-OH is 2. The van der Waals surface area contributed by atoms with Gasteiger partial charge in [-0.25, -0.2) is 4.39 Å². The van der Waals surface area contributed by atoms with Gasteiger partial charge in [0, 0.05) is 50.1 Å². The van der Waals surface area contributed by atoms with Crippen LogP contribution < -0.4 is 9.47 Å². The fraction of sp³-hybridized carbons (Fsp3) is 0.647. The molecule has 1 saturated carbocycles. The minimum Gasteiger partial charge on any atom is -0.489 e. The molecule has 5 rings (SSSR count). The molecule has 1 heterocycles. The second-order valence-corrected chi connectivity index (χ2v) is 18.4. The number of hydrogen-bond acceptors (Lipinski definition) is 8. The number of amides is 1. The monoisotopic (exact) mass is 847 g/mol. The van der Waals surface area contributed by atoms with E-state index in [1.54, 1.807) is 24.3 Å². The van der Waals surface area contributed by atoms with Gasteiger partial charge in [0.1, 0.15) is 35.6 Å². The van der Waals surface area contributed by atoms with Gasteiger partial charge in [-0.2, -0.15) is 0 Å². The zero-order valence-corrected chi connectivity index (χ0v) is 37.8. The molecule has 0 radical (unpaired) electrons. The maximum absolute atomic E-state index is 14.7. The molecule has 1 aliphatic heterocycles. The Hall–Kier alpha value is -3.73. The average molecular weight is 847 g/mol. The average Bonchev–Trinajstić information content (AvgIpc) is 3.24. The second-order valence-electron chi connectivity index (χ2n) is 18.4. The highest BCUT2D eigenvalue weighted by molar-refractivity contribution is 6.03. The Morgan fingerprint density at radius 2 is 1.66 bits per heavy atom. The number of likely N-dealkylation sites (N-methyl/N-ethyl adjacent to an activating group) is 1. The van der Waals surface area contributed by atoms with Crippen LogP contribution in [0.4, 0.5) is 4.39 Å². The van der Waals surface area contributed by atoms with Crippen molar-refractivity contribution in [2.24, 2.45) is 22.9 Å². The lowest BCUT2D eigenvalue weighted by Gasteiger charge is -2.59. The Bertz CT molecular complexity index is 1760. The fourth-order valence-electron chi connectivity index (χ4n) is 9.72. The van der Waals surface area contributed by atoms with Crippen molar-refractivity contribution in [3.8, 4) is 11.5 Å². The molecule has 1 amide bonds. The summed E-state index contributed by atoms with van der Waals surface area (Å²) in [6.07, 6.45) is 20.1. The molecule has 2 N–H and O–H groups in total. The first kappa shape index (κ1) is 48.3. The summed E-state index contributed by atoms with van der Waals surface area (Å²) in [7, 11) is 1.88. The van der Waals surface area contributed by atoms with Crippen LogP contribution in [0.1, 0.15) is 154 Å². The molecule has 61 heavy (non-hydrogen) atoms. The van der Waals surface area contributed by atoms with Gasteiger partial charge >= 0.3 is 0 Å². The van der Waals surface area contributed by atoms with Crippen LogP contribution in [0.25, 0.3) is 0 Å². The molecule has 1 fully saturated rings. The van der Waals surface area contributed by atoms with Crippen LogP contribution in [0.2, 0.25) is 0 Å². The third-order valence-electron chi connectivity index (χ3n) is 12.8. The molecule has 3 aliphatic rings. The van der Waals surface area contributed by atoms with Crippen LogP contribution in [0.15, 0.2) is 71.9 Å². The van der Waals surface area contributed by atoms with Crippen LogP contribution in [0.3, 0.4) is 0 Å². The summed E-state index contributed by atoms with van der Waals surface area (Å²) in [6, 6.07) is 11.9. The van der Waals surface area contributed by atoms with Crippen LogP contribution in [-0.2, 0) is 21.0 Å². The van der Waals surface area contributed by atoms with Gasteiger partial charge in [0.25, 0.3) is 0 Å². The van der Waals surface area contributed by atoms with Gasteiger partial charge in [-0.3, -0.25) is 4.79 Å². The van der Waals surface area contributed by atoms with Crippen molar-refractivity contribution in [3.05, 3.63) is 83.7 Å². The molecule has 338 valence electrons. The third-order valence-corrected chi connectivity index (χ3v) is 12.8. The van der Waals surface area contributed by atoms with Gasteiger partial charge in [-0.1, -0.05) is 107 Å². The maximum atomic E-state index is 14.7. The SMILES string of the molecule is C=CCOC12Oc3ccc(OCc4ccccc4F)cc3C3C(CCCCO)C(CCCCO)C=C(C(=NOC(C)(C)C)CC1N(C)C(=O)CCCCCCCCCCC)C32. The number of unbranched alkanes of at least 4 members (excludes halogenated alkanes) is 10. The molecular formula is C51H75FN2O7. The predicted molar refractivity (Wildman–Crippen MR) is 241 cm³/mol. The standard InChI is InChI=1S/C51H75FN2O7/c1-7-9-10-11-12-13-14-15-16-27-47(57)54(6)46-35-44(53-61-50(3,4)5)41-33-37(23-19-21-30-55)40(25-20-22-31-56)48-42-34-39(58-36-38-24-17-18-26-43(38)52)28-29-45(42)60-51(46,49(41)48)59-32-8-2/h8,17-18,24,26,28-29,33-34,37,40,46,48-49,55-56H,2,7,9-16,19-23,25,27,30-32,35-36H2,1,3-6H3. The van der Waals surface area contributed by atoms with E-state index >= 15 is 0 Å². The number of nitrogens with zero attached hydrogens (tertiary/aromatic N) is 2. The lowest BCUT2D eigenvalue weighted by molar-refractivity contribution is -0.255. The summed E-state index contributed by atoms with van der Waals surface area (Å²) in [4.78, 5) is 22.4. The molecule has 0 spiro atoms. The zero-order valence-electron chi connectivity index (χ0n) is 37.8. The first-order valence-electron chi connectivity index (χ1n) is 23.4. The number of rotatable bonds is 26. The topological polar surface area (TPSA) is 110 Å². The summed E-state index contributed by atoms with van der Waals surface area (Å²) in [5.41, 5.74) is 2.63. The summed E-state index contributed by atoms with van der Waals surface area (Å²) in [6.45, 7) is 12.7. The van der Waals surface area contributed by atoms with E-state index in [1.165, 1.54) is 44.6 Å². The molecule has 0 saturated heterocycles. The van der Waals surface area contributed by atoms with Crippen LogP contribution in [-0.4, -0.2) is 71.0 Å². The van der Waals surface area contributed by atoms with E-state index in [0.717, 1.165) is 61.8 Å². The summed E-state index contributed by atoms with van der Waals surface area (Å²) >= 11 is 0. The van der Waals surface area contributed by atoms with Crippen LogP contribution in [0.5, 0.6) is 11.5 Å². The molecule has 2 aromatic rings. The highest BCUT2D eigenvalue weighted by Gasteiger charge is 2.65. The van der Waals surface area contributed by atoms with Crippen LogP contribution in [0, 0.1) is 23.6 Å². The molecule has 10 heteroatoms. The molecular weight excluding hydrogens is 772 g/mol. The van der Waals surface area contributed by atoms with Crippen molar-refractivity contribution in [1.29, 1.82) is 0 Å². The number of carbonyl (C=O) groups excluding carboxylic acids is 1. The van der Waals surface area contributed by atoms with E-state index in [1.807, 2.05) is 50.9 Å². The fourth-order valence-corrected chi connectivity index (χ4v) is 9.72. The largest absolute Gasteiger partial charge is 0.489 e. The Morgan fingerprint density at radius 1 is 0.967 bits per heavy atom. The van der Waals surface area contributed by atoms with E-state index in [9.17, 15) is 19.4 Å². The Balaban J connectivity index is 1.60. The van der Waals surface area contributed by atoms with Crippen molar-refractivity contribution < 1.29 is 38.4 Å². The number of fused-ring (bicyclic) bond motifs is 2. The predicted octanol–water partition coefficient (Wildman–Crippen LogP) is 11.2. The van der Waals surface area contributed by atoms with E-state index in [0.29, 0.717) is 42.7 Å². The highest BCUT2D eigenvalue weighted by atomic mass is 19.1. The first-order chi connectivity index (χ1) is 29.5. The molecule has 6 unspecified atom stereocenters. The van der Waals surface area contributed by atoms with Crippen LogP contribution >= 0.6 is 0 Å². The first-order valence-corrected chi connectivity index (χ1v) is 23.4. The summed E-state index contributed by atoms with van der Waals surface area (Å²) in [5, 5.41) is 24.7. The Kier molecular flexibility index (Phi) is 18.7. The quantitative estimate of drug-likeness (QED) is 0.0551. The summed E-state index contributed by atoms with van der Waals surface area (Å²) in [5.74, 6) is -0.721. The number of carbonyl (C=O) groups is 1. The zero-order chi connectivity index (χ0) is 43.8. The van der Waals surface area contributed by atoms with Gasteiger partial charge < -0.3 is 34.2 Å². The second kappa shape index (κ2) is 23.6. The van der Waals surface area contributed by atoms with Crippen molar-refractivity contribution >= 4 is 11.6 Å². The number of aliphatic hydroxyl groups is 2. The smallest absolute Gasteiger partial charge is 0.239 e. The molecule has 2 aromatic carbocycles. The minimum absolute atomic E-state index is 0.0399. The molecule has 0 aromatic heterocycles.